The molecule has 2 fully saturated rings. The fourth-order valence-electron chi connectivity index (χ4n) is 3.42. The lowest BCUT2D eigenvalue weighted by atomic mass is 10.0. The molecule has 0 saturated carbocycles. The van der Waals surface area contributed by atoms with Crippen molar-refractivity contribution < 1.29 is 14.3 Å². The summed E-state index contributed by atoms with van der Waals surface area (Å²) < 4.78 is 11.5. The number of hydrogen-bond acceptors (Lipinski definition) is 4. The number of piperidine rings is 1. The van der Waals surface area contributed by atoms with Crippen molar-refractivity contribution in [3.05, 3.63) is 24.4 Å². The Morgan fingerprint density at radius 2 is 1.91 bits per heavy atom. The van der Waals surface area contributed by atoms with E-state index < -0.39 is 5.60 Å². The molecule has 0 unspecified atom stereocenters. The summed E-state index contributed by atoms with van der Waals surface area (Å²) >= 11 is 0. The highest BCUT2D eigenvalue weighted by Gasteiger charge is 2.45. The summed E-state index contributed by atoms with van der Waals surface area (Å²) in [6, 6.07) is 6.13. The standard InChI is InChI=1S/C17H24N2O3/c1-17(2,3)22-16(20)19-12-7-8-13(19)11-14(10-12)21-15-6-4-5-9-18-15/h4-6,9,12-14H,7-8,10-11H2,1-3H3/t12-,13+,14+. The highest BCUT2D eigenvalue weighted by Crippen LogP contribution is 2.38. The quantitative estimate of drug-likeness (QED) is 0.840. The Morgan fingerprint density at radius 1 is 1.23 bits per heavy atom. The highest BCUT2D eigenvalue weighted by molar-refractivity contribution is 5.69. The van der Waals surface area contributed by atoms with Crippen LogP contribution in [0.4, 0.5) is 4.79 Å². The maximum absolute atomic E-state index is 12.4. The van der Waals surface area contributed by atoms with Crippen molar-refractivity contribution in [1.82, 2.24) is 9.88 Å². The lowest BCUT2D eigenvalue weighted by Crippen LogP contribution is -2.50. The van der Waals surface area contributed by atoms with Gasteiger partial charge in [-0.1, -0.05) is 6.07 Å². The van der Waals surface area contributed by atoms with Crippen molar-refractivity contribution in [2.45, 2.75) is 70.2 Å². The van der Waals surface area contributed by atoms with Crippen molar-refractivity contribution >= 4 is 6.09 Å². The van der Waals surface area contributed by atoms with E-state index in [4.69, 9.17) is 9.47 Å². The van der Waals surface area contributed by atoms with Crippen LogP contribution in [0.3, 0.4) is 0 Å². The number of fused-ring (bicyclic) bond motifs is 2. The van der Waals surface area contributed by atoms with Crippen LogP contribution in [0.15, 0.2) is 24.4 Å². The molecule has 5 nitrogen and oxygen atoms in total. The van der Waals surface area contributed by atoms with Gasteiger partial charge in [0.2, 0.25) is 5.88 Å². The van der Waals surface area contributed by atoms with Crippen molar-refractivity contribution in [3.8, 4) is 5.88 Å². The first kappa shape index (κ1) is 15.1. The Bertz CT molecular complexity index is 512. The Labute approximate surface area is 131 Å². The summed E-state index contributed by atoms with van der Waals surface area (Å²) in [6.07, 6.45) is 5.46. The summed E-state index contributed by atoms with van der Waals surface area (Å²) in [6.45, 7) is 5.72. The number of hydrogen-bond donors (Lipinski definition) is 0. The molecule has 3 rings (SSSR count). The maximum Gasteiger partial charge on any atom is 0.410 e. The Hall–Kier alpha value is -1.78. The van der Waals surface area contributed by atoms with Gasteiger partial charge in [0.25, 0.3) is 0 Å². The summed E-state index contributed by atoms with van der Waals surface area (Å²) in [5.41, 5.74) is -0.447. The van der Waals surface area contributed by atoms with Gasteiger partial charge in [-0.2, -0.15) is 0 Å². The van der Waals surface area contributed by atoms with Crippen LogP contribution in [0.1, 0.15) is 46.5 Å². The number of carbonyl (C=O) groups excluding carboxylic acids is 1. The second kappa shape index (κ2) is 5.78. The number of ether oxygens (including phenoxy) is 2. The molecule has 1 aromatic rings. The first-order chi connectivity index (χ1) is 10.4. The van der Waals surface area contributed by atoms with Crippen molar-refractivity contribution in [3.63, 3.8) is 0 Å². The van der Waals surface area contributed by atoms with Crippen LogP contribution in [-0.2, 0) is 4.74 Å². The minimum atomic E-state index is -0.447. The van der Waals surface area contributed by atoms with Gasteiger partial charge in [0.15, 0.2) is 0 Å². The number of nitrogens with zero attached hydrogens (tertiary/aromatic N) is 2. The third-order valence-corrected chi connectivity index (χ3v) is 4.22. The van der Waals surface area contributed by atoms with E-state index in [9.17, 15) is 4.79 Å². The van der Waals surface area contributed by atoms with Gasteiger partial charge in [0.05, 0.1) is 0 Å². The molecule has 3 heterocycles. The maximum atomic E-state index is 12.4. The smallest absolute Gasteiger partial charge is 0.410 e. The summed E-state index contributed by atoms with van der Waals surface area (Å²) in [4.78, 5) is 18.5. The molecule has 3 atom stereocenters. The van der Waals surface area contributed by atoms with Gasteiger partial charge >= 0.3 is 6.09 Å². The number of amides is 1. The molecule has 5 heteroatoms. The zero-order chi connectivity index (χ0) is 15.7. The normalized spacial score (nSPS) is 27.6. The fraction of sp³-hybridized carbons (Fsp3) is 0.647. The largest absolute Gasteiger partial charge is 0.474 e. The summed E-state index contributed by atoms with van der Waals surface area (Å²) in [7, 11) is 0. The molecule has 2 bridgehead atoms. The molecule has 0 radical (unpaired) electrons. The molecular formula is C17H24N2O3. The Morgan fingerprint density at radius 3 is 2.45 bits per heavy atom. The van der Waals surface area contributed by atoms with E-state index >= 15 is 0 Å². The molecule has 0 aliphatic carbocycles. The van der Waals surface area contributed by atoms with Gasteiger partial charge < -0.3 is 14.4 Å². The highest BCUT2D eigenvalue weighted by atomic mass is 16.6. The van der Waals surface area contributed by atoms with Gasteiger partial charge in [-0.15, -0.1) is 0 Å². The summed E-state index contributed by atoms with van der Waals surface area (Å²) in [5, 5.41) is 0. The lowest BCUT2D eigenvalue weighted by Gasteiger charge is -2.39. The zero-order valence-corrected chi connectivity index (χ0v) is 13.5. The molecule has 22 heavy (non-hydrogen) atoms. The van der Waals surface area contributed by atoms with Gasteiger partial charge in [-0.05, 0) is 39.7 Å². The van der Waals surface area contributed by atoms with Crippen LogP contribution in [0.25, 0.3) is 0 Å². The van der Waals surface area contributed by atoms with Crippen molar-refractivity contribution in [2.24, 2.45) is 0 Å². The SMILES string of the molecule is CC(C)(C)OC(=O)N1[C@@H]2CC[C@H]1C[C@@H](Oc1ccccn1)C2. The molecule has 0 N–H and O–H groups in total. The molecule has 0 aromatic carbocycles. The van der Waals surface area contributed by atoms with Crippen molar-refractivity contribution in [1.29, 1.82) is 0 Å². The van der Waals surface area contributed by atoms with Crippen LogP contribution in [0.2, 0.25) is 0 Å². The number of rotatable bonds is 2. The minimum Gasteiger partial charge on any atom is -0.474 e. The van der Waals surface area contributed by atoms with Gasteiger partial charge in [0.1, 0.15) is 11.7 Å². The molecule has 0 spiro atoms. The average Bonchev–Trinajstić information content (AvgIpc) is 2.70. The van der Waals surface area contributed by atoms with Crippen molar-refractivity contribution in [2.75, 3.05) is 0 Å². The average molecular weight is 304 g/mol. The first-order valence-corrected chi connectivity index (χ1v) is 8.01. The third-order valence-electron chi connectivity index (χ3n) is 4.22. The predicted octanol–water partition coefficient (Wildman–Crippen LogP) is 3.39. The zero-order valence-electron chi connectivity index (χ0n) is 13.5. The number of aromatic nitrogens is 1. The molecule has 2 aliphatic rings. The van der Waals surface area contributed by atoms with E-state index in [2.05, 4.69) is 4.98 Å². The second-order valence-corrected chi connectivity index (χ2v) is 7.15. The molecule has 1 amide bonds. The fourth-order valence-corrected chi connectivity index (χ4v) is 3.42. The van der Waals surface area contributed by atoms with E-state index in [0.29, 0.717) is 5.88 Å². The first-order valence-electron chi connectivity index (χ1n) is 8.01. The topological polar surface area (TPSA) is 51.7 Å². The van der Waals surface area contributed by atoms with E-state index in [-0.39, 0.29) is 24.3 Å². The number of pyridine rings is 1. The van der Waals surface area contributed by atoms with E-state index in [1.54, 1.807) is 6.20 Å². The lowest BCUT2D eigenvalue weighted by molar-refractivity contribution is -0.00759. The third kappa shape index (κ3) is 3.34. The van der Waals surface area contributed by atoms with E-state index in [1.165, 1.54) is 0 Å². The Balaban J connectivity index is 1.63. The van der Waals surface area contributed by atoms with Gasteiger partial charge in [0, 0.05) is 37.2 Å². The number of carbonyl (C=O) groups is 1. The minimum absolute atomic E-state index is 0.131. The predicted molar refractivity (Wildman–Crippen MR) is 82.8 cm³/mol. The molecule has 2 aliphatic heterocycles. The molecule has 2 saturated heterocycles. The van der Waals surface area contributed by atoms with Crippen LogP contribution in [0, 0.1) is 0 Å². The van der Waals surface area contributed by atoms with E-state index in [0.717, 1.165) is 25.7 Å². The monoisotopic (exact) mass is 304 g/mol. The van der Waals surface area contributed by atoms with Crippen LogP contribution in [0.5, 0.6) is 5.88 Å². The van der Waals surface area contributed by atoms with E-state index in [1.807, 2.05) is 43.9 Å². The van der Waals surface area contributed by atoms with Crippen LogP contribution < -0.4 is 4.74 Å². The second-order valence-electron chi connectivity index (χ2n) is 7.15. The molecule has 1 aromatic heterocycles. The van der Waals surface area contributed by atoms with Gasteiger partial charge in [-0.25, -0.2) is 9.78 Å². The van der Waals surface area contributed by atoms with Crippen LogP contribution in [-0.4, -0.2) is 39.8 Å². The summed E-state index contributed by atoms with van der Waals surface area (Å²) in [5.74, 6) is 0.664. The van der Waals surface area contributed by atoms with Gasteiger partial charge in [-0.3, -0.25) is 0 Å². The molecular weight excluding hydrogens is 280 g/mol. The van der Waals surface area contributed by atoms with Crippen LogP contribution >= 0.6 is 0 Å². The molecule has 120 valence electrons. The Kier molecular flexibility index (Phi) is 3.98.